The van der Waals surface area contributed by atoms with Crippen molar-refractivity contribution in [1.29, 1.82) is 5.26 Å². The molecule has 2 aliphatic rings. The van der Waals surface area contributed by atoms with Crippen molar-refractivity contribution in [2.45, 2.75) is 43.5 Å². The van der Waals surface area contributed by atoms with Gasteiger partial charge in [0.2, 0.25) is 10.0 Å². The van der Waals surface area contributed by atoms with Gasteiger partial charge in [0, 0.05) is 26.2 Å². The van der Waals surface area contributed by atoms with E-state index in [9.17, 15) is 8.42 Å². The van der Waals surface area contributed by atoms with Crippen molar-refractivity contribution in [3.63, 3.8) is 0 Å². The van der Waals surface area contributed by atoms with Crippen LogP contribution in [-0.2, 0) is 29.4 Å². The largest absolute Gasteiger partial charge is 0.298 e. The normalized spacial score (nSPS) is 18.6. The number of aryl methyl sites for hydroxylation is 2. The Morgan fingerprint density at radius 1 is 0.862 bits per heavy atom. The molecule has 6 heteroatoms. The average molecular weight is 410 g/mol. The van der Waals surface area contributed by atoms with Gasteiger partial charge in [-0.1, -0.05) is 18.2 Å². The maximum Gasteiger partial charge on any atom is 0.243 e. The van der Waals surface area contributed by atoms with Crippen molar-refractivity contribution in [2.24, 2.45) is 0 Å². The minimum atomic E-state index is -3.45. The molecule has 1 aliphatic heterocycles. The molecule has 1 fully saturated rings. The smallest absolute Gasteiger partial charge is 0.243 e. The number of hydrogen-bond donors (Lipinski definition) is 0. The molecule has 0 spiro atoms. The van der Waals surface area contributed by atoms with Crippen molar-refractivity contribution in [1.82, 2.24) is 9.21 Å². The van der Waals surface area contributed by atoms with Crippen LogP contribution in [0.3, 0.4) is 0 Å². The molecule has 0 radical (unpaired) electrons. The van der Waals surface area contributed by atoms with E-state index in [0.29, 0.717) is 30.1 Å². The highest BCUT2D eigenvalue weighted by molar-refractivity contribution is 7.89. The SMILES string of the molecule is N#Cc1ccc(CN2CCCN(S(=O)(=O)c3ccc4c(c3)CCCC4)CC2)cc1. The third kappa shape index (κ3) is 4.53. The molecule has 4 rings (SSSR count). The van der Waals surface area contributed by atoms with Crippen LogP contribution in [0.2, 0.25) is 0 Å². The first-order valence-electron chi connectivity index (χ1n) is 10.4. The number of benzene rings is 2. The third-order valence-electron chi connectivity index (χ3n) is 5.99. The lowest BCUT2D eigenvalue weighted by atomic mass is 9.92. The summed E-state index contributed by atoms with van der Waals surface area (Å²) in [6, 6.07) is 15.5. The highest BCUT2D eigenvalue weighted by Crippen LogP contribution is 2.26. The van der Waals surface area contributed by atoms with Crippen LogP contribution in [0.4, 0.5) is 0 Å². The number of nitriles is 1. The zero-order valence-electron chi connectivity index (χ0n) is 16.7. The summed E-state index contributed by atoms with van der Waals surface area (Å²) in [6.45, 7) is 3.43. The number of fused-ring (bicyclic) bond motifs is 1. The van der Waals surface area contributed by atoms with Gasteiger partial charge in [-0.15, -0.1) is 0 Å². The molecule has 0 saturated carbocycles. The summed E-state index contributed by atoms with van der Waals surface area (Å²) in [5.41, 5.74) is 4.32. The van der Waals surface area contributed by atoms with Gasteiger partial charge in [-0.2, -0.15) is 9.57 Å². The predicted octanol–water partition coefficient (Wildman–Crippen LogP) is 3.33. The van der Waals surface area contributed by atoms with Crippen LogP contribution >= 0.6 is 0 Å². The molecule has 1 aliphatic carbocycles. The van der Waals surface area contributed by atoms with Gasteiger partial charge in [0.15, 0.2) is 0 Å². The van der Waals surface area contributed by atoms with Crippen molar-refractivity contribution in [3.8, 4) is 6.07 Å². The lowest BCUT2D eigenvalue weighted by Gasteiger charge is -2.23. The molecule has 5 nitrogen and oxygen atoms in total. The third-order valence-corrected chi connectivity index (χ3v) is 7.89. The minimum absolute atomic E-state index is 0.443. The van der Waals surface area contributed by atoms with E-state index in [4.69, 9.17) is 5.26 Å². The van der Waals surface area contributed by atoms with E-state index < -0.39 is 10.0 Å². The summed E-state index contributed by atoms with van der Waals surface area (Å²) >= 11 is 0. The van der Waals surface area contributed by atoms with Crippen LogP contribution in [0, 0.1) is 11.3 Å². The van der Waals surface area contributed by atoms with Gasteiger partial charge in [-0.25, -0.2) is 8.42 Å². The highest BCUT2D eigenvalue weighted by atomic mass is 32.2. The Morgan fingerprint density at radius 2 is 1.62 bits per heavy atom. The summed E-state index contributed by atoms with van der Waals surface area (Å²) in [4.78, 5) is 2.74. The number of sulfonamides is 1. The molecule has 1 heterocycles. The fraction of sp³-hybridized carbons (Fsp3) is 0.435. The first-order chi connectivity index (χ1) is 14.1. The molecular formula is C23H27N3O2S. The van der Waals surface area contributed by atoms with Crippen LogP contribution in [-0.4, -0.2) is 43.8 Å². The van der Waals surface area contributed by atoms with Gasteiger partial charge in [0.1, 0.15) is 0 Å². The number of rotatable bonds is 4. The summed E-state index contributed by atoms with van der Waals surface area (Å²) in [5.74, 6) is 0. The van der Waals surface area contributed by atoms with E-state index >= 15 is 0 Å². The Labute approximate surface area is 173 Å². The molecule has 1 saturated heterocycles. The van der Waals surface area contributed by atoms with Crippen molar-refractivity contribution >= 4 is 10.0 Å². The first-order valence-corrected chi connectivity index (χ1v) is 11.8. The van der Waals surface area contributed by atoms with Crippen LogP contribution in [0.5, 0.6) is 0 Å². The highest BCUT2D eigenvalue weighted by Gasteiger charge is 2.27. The van der Waals surface area contributed by atoms with E-state index in [2.05, 4.69) is 11.0 Å². The van der Waals surface area contributed by atoms with Crippen molar-refractivity contribution < 1.29 is 8.42 Å². The van der Waals surface area contributed by atoms with Gasteiger partial charge >= 0.3 is 0 Å². The Bertz CT molecular complexity index is 1010. The molecule has 29 heavy (non-hydrogen) atoms. The summed E-state index contributed by atoms with van der Waals surface area (Å²) in [7, 11) is -3.45. The first kappa shape index (κ1) is 20.1. The molecular weight excluding hydrogens is 382 g/mol. The van der Waals surface area contributed by atoms with Crippen molar-refractivity contribution in [3.05, 3.63) is 64.7 Å². The fourth-order valence-corrected chi connectivity index (χ4v) is 5.83. The summed E-state index contributed by atoms with van der Waals surface area (Å²) in [5, 5.41) is 8.93. The molecule has 0 atom stereocenters. The van der Waals surface area contributed by atoms with Gasteiger partial charge < -0.3 is 0 Å². The maximum absolute atomic E-state index is 13.2. The second-order valence-corrected chi connectivity index (χ2v) is 9.92. The van der Waals surface area contributed by atoms with E-state index in [1.54, 1.807) is 10.4 Å². The van der Waals surface area contributed by atoms with E-state index in [0.717, 1.165) is 44.3 Å². The molecule has 2 aromatic rings. The Hall–Kier alpha value is -2.20. The maximum atomic E-state index is 13.2. The van der Waals surface area contributed by atoms with E-state index in [1.165, 1.54) is 17.5 Å². The standard InChI is InChI=1S/C23H27N3O2S/c24-17-19-6-8-20(9-7-19)18-25-12-3-13-26(15-14-25)29(27,28)23-11-10-21-4-1-2-5-22(21)16-23/h6-11,16H,1-5,12-15,18H2. The fourth-order valence-electron chi connectivity index (χ4n) is 4.31. The monoisotopic (exact) mass is 409 g/mol. The van der Waals surface area contributed by atoms with Crippen LogP contribution < -0.4 is 0 Å². The average Bonchev–Trinajstić information content (AvgIpc) is 3.00. The van der Waals surface area contributed by atoms with Crippen LogP contribution in [0.25, 0.3) is 0 Å². The predicted molar refractivity (Wildman–Crippen MR) is 113 cm³/mol. The second kappa shape index (κ2) is 8.66. The molecule has 0 unspecified atom stereocenters. The quantitative estimate of drug-likeness (QED) is 0.777. The van der Waals surface area contributed by atoms with Gasteiger partial charge in [-0.05, 0) is 79.6 Å². The second-order valence-electron chi connectivity index (χ2n) is 7.98. The molecule has 0 N–H and O–H groups in total. The topological polar surface area (TPSA) is 64.4 Å². The van der Waals surface area contributed by atoms with Gasteiger partial charge in [0.25, 0.3) is 0 Å². The lowest BCUT2D eigenvalue weighted by Crippen LogP contribution is -2.35. The Kier molecular flexibility index (Phi) is 6.00. The molecule has 2 aromatic carbocycles. The molecule has 0 bridgehead atoms. The zero-order valence-corrected chi connectivity index (χ0v) is 17.5. The number of hydrogen-bond acceptors (Lipinski definition) is 4. The zero-order chi connectivity index (χ0) is 20.3. The van der Waals surface area contributed by atoms with Crippen LogP contribution in [0.1, 0.15) is 41.5 Å². The van der Waals surface area contributed by atoms with E-state index in [-0.39, 0.29) is 0 Å². The van der Waals surface area contributed by atoms with Gasteiger partial charge in [-0.3, -0.25) is 4.90 Å². The summed E-state index contributed by atoms with van der Waals surface area (Å²) < 4.78 is 28.1. The van der Waals surface area contributed by atoms with E-state index in [1.807, 2.05) is 36.4 Å². The molecule has 0 aromatic heterocycles. The molecule has 0 amide bonds. The van der Waals surface area contributed by atoms with Crippen LogP contribution in [0.15, 0.2) is 47.4 Å². The number of nitrogens with zero attached hydrogens (tertiary/aromatic N) is 3. The minimum Gasteiger partial charge on any atom is -0.298 e. The van der Waals surface area contributed by atoms with Gasteiger partial charge in [0.05, 0.1) is 16.5 Å². The summed E-state index contributed by atoms with van der Waals surface area (Å²) in [6.07, 6.45) is 5.20. The Morgan fingerprint density at radius 3 is 2.38 bits per heavy atom. The van der Waals surface area contributed by atoms with Crippen molar-refractivity contribution in [2.75, 3.05) is 26.2 Å². The Balaban J connectivity index is 1.44. The lowest BCUT2D eigenvalue weighted by molar-refractivity contribution is 0.278. The molecule has 152 valence electrons.